The van der Waals surface area contributed by atoms with Gasteiger partial charge in [-0.1, -0.05) is 37.6 Å². The van der Waals surface area contributed by atoms with Crippen LogP contribution in [0.15, 0.2) is 24.3 Å². The first kappa shape index (κ1) is 15.5. The van der Waals surface area contributed by atoms with Gasteiger partial charge in [0.05, 0.1) is 0 Å². The molecule has 1 N–H and O–H groups in total. The maximum atomic E-state index is 3.49. The van der Waals surface area contributed by atoms with Gasteiger partial charge < -0.3 is 10.2 Å². The monoisotopic (exact) mass is 274 g/mol. The van der Waals surface area contributed by atoms with Crippen LogP contribution in [0.1, 0.15) is 44.2 Å². The summed E-state index contributed by atoms with van der Waals surface area (Å²) in [5.74, 6) is 0. The SMILES string of the molecule is CCNC(C)CCCCN1CCc2ccccc2CC1. The van der Waals surface area contributed by atoms with Gasteiger partial charge in [0.25, 0.3) is 0 Å². The number of hydrogen-bond acceptors (Lipinski definition) is 2. The second kappa shape index (κ2) is 8.43. The van der Waals surface area contributed by atoms with Crippen LogP contribution in [0.25, 0.3) is 0 Å². The van der Waals surface area contributed by atoms with Crippen LogP contribution >= 0.6 is 0 Å². The van der Waals surface area contributed by atoms with Crippen molar-refractivity contribution in [3.63, 3.8) is 0 Å². The first-order chi connectivity index (χ1) is 9.79. The Morgan fingerprint density at radius 2 is 1.75 bits per heavy atom. The fraction of sp³-hybridized carbons (Fsp3) is 0.667. The number of rotatable bonds is 7. The van der Waals surface area contributed by atoms with Crippen molar-refractivity contribution in [2.75, 3.05) is 26.2 Å². The Balaban J connectivity index is 1.66. The zero-order valence-corrected chi connectivity index (χ0v) is 13.2. The van der Waals surface area contributed by atoms with Crippen molar-refractivity contribution in [3.8, 4) is 0 Å². The Kier molecular flexibility index (Phi) is 6.55. The minimum atomic E-state index is 0.674. The largest absolute Gasteiger partial charge is 0.315 e. The molecule has 0 aromatic heterocycles. The molecule has 0 spiro atoms. The minimum Gasteiger partial charge on any atom is -0.315 e. The Morgan fingerprint density at radius 3 is 2.35 bits per heavy atom. The van der Waals surface area contributed by atoms with E-state index in [-0.39, 0.29) is 0 Å². The topological polar surface area (TPSA) is 15.3 Å². The molecule has 0 aliphatic carbocycles. The van der Waals surface area contributed by atoms with E-state index >= 15 is 0 Å². The molecule has 1 aliphatic rings. The molecular formula is C18H30N2. The number of nitrogens with one attached hydrogen (secondary N) is 1. The minimum absolute atomic E-state index is 0.674. The number of unbranched alkanes of at least 4 members (excludes halogenated alkanes) is 1. The summed E-state index contributed by atoms with van der Waals surface area (Å²) < 4.78 is 0. The van der Waals surface area contributed by atoms with Crippen molar-refractivity contribution in [1.29, 1.82) is 0 Å². The highest BCUT2D eigenvalue weighted by atomic mass is 15.1. The van der Waals surface area contributed by atoms with Crippen molar-refractivity contribution in [1.82, 2.24) is 10.2 Å². The van der Waals surface area contributed by atoms with Gasteiger partial charge in [0.1, 0.15) is 0 Å². The van der Waals surface area contributed by atoms with E-state index < -0.39 is 0 Å². The molecule has 0 saturated heterocycles. The van der Waals surface area contributed by atoms with E-state index in [2.05, 4.69) is 48.3 Å². The van der Waals surface area contributed by atoms with Gasteiger partial charge in [-0.2, -0.15) is 0 Å². The van der Waals surface area contributed by atoms with Crippen molar-refractivity contribution in [2.45, 2.75) is 52.0 Å². The molecule has 1 aliphatic heterocycles. The van der Waals surface area contributed by atoms with Crippen LogP contribution in [0.3, 0.4) is 0 Å². The summed E-state index contributed by atoms with van der Waals surface area (Å²) in [6.07, 6.45) is 6.44. The Bertz CT molecular complexity index is 362. The summed E-state index contributed by atoms with van der Waals surface area (Å²) in [4.78, 5) is 2.65. The maximum absolute atomic E-state index is 3.49. The Hall–Kier alpha value is -0.860. The molecule has 1 aromatic carbocycles. The maximum Gasteiger partial charge on any atom is 0.00386 e. The molecule has 0 fully saturated rings. The fourth-order valence-electron chi connectivity index (χ4n) is 3.17. The van der Waals surface area contributed by atoms with Crippen LogP contribution in [0.5, 0.6) is 0 Å². The van der Waals surface area contributed by atoms with Crippen molar-refractivity contribution < 1.29 is 0 Å². The highest BCUT2D eigenvalue weighted by molar-refractivity contribution is 5.28. The third-order valence-corrected chi connectivity index (χ3v) is 4.43. The van der Waals surface area contributed by atoms with Gasteiger partial charge in [0.15, 0.2) is 0 Å². The van der Waals surface area contributed by atoms with E-state index in [1.165, 1.54) is 51.7 Å². The zero-order valence-electron chi connectivity index (χ0n) is 13.2. The lowest BCUT2D eigenvalue weighted by Gasteiger charge is -2.20. The molecule has 0 radical (unpaired) electrons. The molecule has 2 nitrogen and oxygen atoms in total. The van der Waals surface area contributed by atoms with Crippen LogP contribution in [0.4, 0.5) is 0 Å². The zero-order chi connectivity index (χ0) is 14.2. The highest BCUT2D eigenvalue weighted by Crippen LogP contribution is 2.16. The van der Waals surface area contributed by atoms with E-state index in [1.807, 2.05) is 0 Å². The molecule has 1 atom stereocenters. The lowest BCUT2D eigenvalue weighted by molar-refractivity contribution is 0.278. The highest BCUT2D eigenvalue weighted by Gasteiger charge is 2.12. The molecule has 1 aromatic rings. The van der Waals surface area contributed by atoms with Gasteiger partial charge in [-0.05, 0) is 56.8 Å². The summed E-state index contributed by atoms with van der Waals surface area (Å²) >= 11 is 0. The average molecular weight is 274 g/mol. The Morgan fingerprint density at radius 1 is 1.10 bits per heavy atom. The summed E-state index contributed by atoms with van der Waals surface area (Å²) in [7, 11) is 0. The summed E-state index contributed by atoms with van der Waals surface area (Å²) in [5.41, 5.74) is 3.13. The van der Waals surface area contributed by atoms with Crippen LogP contribution in [-0.2, 0) is 12.8 Å². The summed E-state index contributed by atoms with van der Waals surface area (Å²) in [6, 6.07) is 9.63. The van der Waals surface area contributed by atoms with Crippen molar-refractivity contribution in [3.05, 3.63) is 35.4 Å². The first-order valence-corrected chi connectivity index (χ1v) is 8.32. The fourth-order valence-corrected chi connectivity index (χ4v) is 3.17. The van der Waals surface area contributed by atoms with Crippen molar-refractivity contribution in [2.24, 2.45) is 0 Å². The lowest BCUT2D eigenvalue weighted by atomic mass is 10.0. The van der Waals surface area contributed by atoms with Gasteiger partial charge in [-0.25, -0.2) is 0 Å². The third kappa shape index (κ3) is 4.92. The molecule has 2 rings (SSSR count). The number of benzene rings is 1. The second-order valence-electron chi connectivity index (χ2n) is 6.06. The Labute approximate surface area is 124 Å². The van der Waals surface area contributed by atoms with Gasteiger partial charge in [0.2, 0.25) is 0 Å². The molecule has 2 heteroatoms. The van der Waals surface area contributed by atoms with Crippen LogP contribution in [-0.4, -0.2) is 37.1 Å². The molecule has 0 amide bonds. The summed E-state index contributed by atoms with van der Waals surface area (Å²) in [6.45, 7) is 9.31. The van der Waals surface area contributed by atoms with Gasteiger partial charge in [0, 0.05) is 19.1 Å². The third-order valence-electron chi connectivity index (χ3n) is 4.43. The molecule has 1 unspecified atom stereocenters. The van der Waals surface area contributed by atoms with Gasteiger partial charge in [-0.3, -0.25) is 0 Å². The average Bonchev–Trinajstić information content (AvgIpc) is 2.67. The molecular weight excluding hydrogens is 244 g/mol. The van der Waals surface area contributed by atoms with Crippen LogP contribution in [0.2, 0.25) is 0 Å². The summed E-state index contributed by atoms with van der Waals surface area (Å²) in [5, 5.41) is 3.49. The molecule has 20 heavy (non-hydrogen) atoms. The molecule has 0 saturated carbocycles. The van der Waals surface area contributed by atoms with Crippen LogP contribution in [0, 0.1) is 0 Å². The normalized spacial score (nSPS) is 17.5. The standard InChI is InChI=1S/C18H30N2/c1-3-19-16(2)8-6-7-13-20-14-11-17-9-4-5-10-18(17)12-15-20/h4-5,9-10,16,19H,3,6-8,11-15H2,1-2H3. The second-order valence-corrected chi connectivity index (χ2v) is 6.06. The van der Waals surface area contributed by atoms with Crippen molar-refractivity contribution >= 4 is 0 Å². The van der Waals surface area contributed by atoms with Crippen LogP contribution < -0.4 is 5.32 Å². The van der Waals surface area contributed by atoms with E-state index in [4.69, 9.17) is 0 Å². The molecule has 0 bridgehead atoms. The van der Waals surface area contributed by atoms with Gasteiger partial charge >= 0.3 is 0 Å². The van der Waals surface area contributed by atoms with E-state index in [0.717, 1.165) is 6.54 Å². The quantitative estimate of drug-likeness (QED) is 0.768. The number of fused-ring (bicyclic) bond motifs is 1. The molecule has 112 valence electrons. The van der Waals surface area contributed by atoms with E-state index in [9.17, 15) is 0 Å². The van der Waals surface area contributed by atoms with E-state index in [1.54, 1.807) is 11.1 Å². The number of nitrogens with zero attached hydrogens (tertiary/aromatic N) is 1. The molecule has 1 heterocycles. The smallest absolute Gasteiger partial charge is 0.00386 e. The first-order valence-electron chi connectivity index (χ1n) is 8.32. The number of hydrogen-bond donors (Lipinski definition) is 1. The van der Waals surface area contributed by atoms with E-state index in [0.29, 0.717) is 6.04 Å². The van der Waals surface area contributed by atoms with Gasteiger partial charge in [-0.15, -0.1) is 0 Å². The predicted octanol–water partition coefficient (Wildman–Crippen LogP) is 3.26. The predicted molar refractivity (Wildman–Crippen MR) is 87.3 cm³/mol. The lowest BCUT2D eigenvalue weighted by Crippen LogP contribution is -2.28.